The Morgan fingerprint density at radius 2 is 2.13 bits per heavy atom. The molecule has 0 saturated carbocycles. The summed E-state index contributed by atoms with van der Waals surface area (Å²) >= 11 is 5.70. The first-order valence-corrected chi connectivity index (χ1v) is 4.62. The van der Waals surface area contributed by atoms with E-state index in [-0.39, 0.29) is 22.3 Å². The number of hydrogen-bond acceptors (Lipinski definition) is 3. The second-order valence-electron chi connectivity index (χ2n) is 2.83. The van der Waals surface area contributed by atoms with Gasteiger partial charge in [0.2, 0.25) is 5.75 Å². The second kappa shape index (κ2) is 3.41. The van der Waals surface area contributed by atoms with Gasteiger partial charge in [-0.05, 0) is 6.92 Å². The van der Waals surface area contributed by atoms with Crippen molar-refractivity contribution in [3.8, 4) is 17.2 Å². The summed E-state index contributed by atoms with van der Waals surface area (Å²) in [5.74, 6) is -0.0839. The van der Waals surface area contributed by atoms with E-state index in [1.807, 2.05) is 0 Å². The van der Waals surface area contributed by atoms with Crippen LogP contribution in [0.15, 0.2) is 12.1 Å². The number of rotatable bonds is 2. The highest BCUT2D eigenvalue weighted by Crippen LogP contribution is 2.48. The molecule has 1 aromatic rings. The Labute approximate surface area is 89.5 Å². The van der Waals surface area contributed by atoms with Crippen LogP contribution in [0.4, 0.5) is 8.78 Å². The summed E-state index contributed by atoms with van der Waals surface area (Å²) < 4.78 is 39.1. The van der Waals surface area contributed by atoms with Crippen molar-refractivity contribution in [2.45, 2.75) is 13.2 Å². The maximum Gasteiger partial charge on any atom is 0.586 e. The molecule has 0 fully saturated rings. The van der Waals surface area contributed by atoms with Crippen LogP contribution in [0.1, 0.15) is 6.92 Å². The van der Waals surface area contributed by atoms with Gasteiger partial charge in [-0.3, -0.25) is 0 Å². The molecule has 2 rings (SSSR count). The fourth-order valence-electron chi connectivity index (χ4n) is 1.25. The molecule has 0 aliphatic carbocycles. The first-order chi connectivity index (χ1) is 7.02. The third kappa shape index (κ3) is 1.92. The van der Waals surface area contributed by atoms with Crippen LogP contribution >= 0.6 is 11.6 Å². The van der Waals surface area contributed by atoms with Gasteiger partial charge >= 0.3 is 6.29 Å². The Morgan fingerprint density at radius 3 is 2.80 bits per heavy atom. The first kappa shape index (κ1) is 10.3. The molecule has 1 aliphatic rings. The number of halogens is 3. The largest absolute Gasteiger partial charge is 0.586 e. The van der Waals surface area contributed by atoms with Gasteiger partial charge in [-0.1, -0.05) is 11.6 Å². The molecule has 1 heterocycles. The zero-order valence-electron chi connectivity index (χ0n) is 7.72. The van der Waals surface area contributed by atoms with Gasteiger partial charge in [0.15, 0.2) is 11.5 Å². The van der Waals surface area contributed by atoms with Crippen molar-refractivity contribution < 1.29 is 23.0 Å². The van der Waals surface area contributed by atoms with Crippen molar-refractivity contribution >= 4 is 11.6 Å². The fourth-order valence-corrected chi connectivity index (χ4v) is 1.45. The molecule has 0 N–H and O–H groups in total. The highest BCUT2D eigenvalue weighted by atomic mass is 35.5. The predicted molar refractivity (Wildman–Crippen MR) is 48.8 cm³/mol. The lowest BCUT2D eigenvalue weighted by Gasteiger charge is -2.07. The van der Waals surface area contributed by atoms with E-state index in [1.165, 1.54) is 12.1 Å². The molecular formula is C9H7ClF2O3. The van der Waals surface area contributed by atoms with Crippen molar-refractivity contribution in [2.75, 3.05) is 6.61 Å². The normalized spacial score (nSPS) is 16.5. The van der Waals surface area contributed by atoms with Crippen LogP contribution in [0.25, 0.3) is 0 Å². The van der Waals surface area contributed by atoms with E-state index in [1.54, 1.807) is 6.92 Å². The van der Waals surface area contributed by atoms with Gasteiger partial charge < -0.3 is 14.2 Å². The molecule has 15 heavy (non-hydrogen) atoms. The zero-order chi connectivity index (χ0) is 11.1. The van der Waals surface area contributed by atoms with Crippen molar-refractivity contribution in [3.63, 3.8) is 0 Å². The van der Waals surface area contributed by atoms with Crippen molar-refractivity contribution in [1.82, 2.24) is 0 Å². The van der Waals surface area contributed by atoms with Gasteiger partial charge in [-0.2, -0.15) is 0 Å². The molecule has 0 atom stereocenters. The minimum Gasteiger partial charge on any atom is -0.490 e. The van der Waals surface area contributed by atoms with Crippen LogP contribution in [-0.2, 0) is 0 Å². The summed E-state index contributed by atoms with van der Waals surface area (Å²) in [6.07, 6.45) is -3.65. The quantitative estimate of drug-likeness (QED) is 0.790. The van der Waals surface area contributed by atoms with E-state index >= 15 is 0 Å². The maximum absolute atomic E-state index is 12.7. The predicted octanol–water partition coefficient (Wildman–Crippen LogP) is 3.06. The summed E-state index contributed by atoms with van der Waals surface area (Å²) in [7, 11) is 0. The third-order valence-electron chi connectivity index (χ3n) is 1.74. The number of ether oxygens (including phenoxy) is 3. The monoisotopic (exact) mass is 236 g/mol. The maximum atomic E-state index is 12.7. The lowest BCUT2D eigenvalue weighted by atomic mass is 10.3. The van der Waals surface area contributed by atoms with E-state index in [4.69, 9.17) is 16.3 Å². The van der Waals surface area contributed by atoms with Gasteiger partial charge in [0.05, 0.1) is 6.61 Å². The zero-order valence-corrected chi connectivity index (χ0v) is 8.48. The van der Waals surface area contributed by atoms with E-state index in [0.717, 1.165) is 0 Å². The average molecular weight is 237 g/mol. The van der Waals surface area contributed by atoms with E-state index in [9.17, 15) is 8.78 Å². The minimum atomic E-state index is -3.65. The Morgan fingerprint density at radius 1 is 1.40 bits per heavy atom. The van der Waals surface area contributed by atoms with Gasteiger partial charge in [-0.15, -0.1) is 8.78 Å². The van der Waals surface area contributed by atoms with Crippen LogP contribution in [0, 0.1) is 0 Å². The molecule has 3 nitrogen and oxygen atoms in total. The SMILES string of the molecule is CCOc1cc(Cl)cc2c1OC(F)(F)O2. The third-order valence-corrected chi connectivity index (χ3v) is 1.95. The summed E-state index contributed by atoms with van der Waals surface area (Å²) in [4.78, 5) is 0. The van der Waals surface area contributed by atoms with Gasteiger partial charge in [0.1, 0.15) is 0 Å². The highest BCUT2D eigenvalue weighted by Gasteiger charge is 2.45. The van der Waals surface area contributed by atoms with Crippen molar-refractivity contribution in [3.05, 3.63) is 17.2 Å². The van der Waals surface area contributed by atoms with E-state index < -0.39 is 6.29 Å². The molecule has 0 bridgehead atoms. The molecule has 0 spiro atoms. The smallest absolute Gasteiger partial charge is 0.490 e. The lowest BCUT2D eigenvalue weighted by molar-refractivity contribution is -0.287. The van der Waals surface area contributed by atoms with Gasteiger partial charge in [0, 0.05) is 17.2 Å². The molecule has 82 valence electrons. The van der Waals surface area contributed by atoms with E-state index in [2.05, 4.69) is 9.47 Å². The molecule has 0 amide bonds. The lowest BCUT2D eigenvalue weighted by Crippen LogP contribution is -2.26. The van der Waals surface area contributed by atoms with Crippen LogP contribution in [-0.4, -0.2) is 12.9 Å². The highest BCUT2D eigenvalue weighted by molar-refractivity contribution is 6.31. The number of fused-ring (bicyclic) bond motifs is 1. The summed E-state index contributed by atoms with van der Waals surface area (Å²) in [5, 5.41) is 0.249. The molecular weight excluding hydrogens is 230 g/mol. The number of alkyl halides is 2. The standard InChI is InChI=1S/C9H7ClF2O3/c1-2-13-6-3-5(10)4-7-8(6)15-9(11,12)14-7/h3-4H,2H2,1H3. The number of hydrogen-bond donors (Lipinski definition) is 0. The van der Waals surface area contributed by atoms with Gasteiger partial charge in [0.25, 0.3) is 0 Å². The Kier molecular flexibility index (Phi) is 2.34. The molecule has 1 aliphatic heterocycles. The summed E-state index contributed by atoms with van der Waals surface area (Å²) in [5.41, 5.74) is 0. The summed E-state index contributed by atoms with van der Waals surface area (Å²) in [6, 6.07) is 2.65. The van der Waals surface area contributed by atoms with Crippen LogP contribution in [0.3, 0.4) is 0 Å². The Balaban J connectivity index is 2.43. The van der Waals surface area contributed by atoms with Gasteiger partial charge in [-0.25, -0.2) is 0 Å². The fraction of sp³-hybridized carbons (Fsp3) is 0.333. The van der Waals surface area contributed by atoms with Crippen LogP contribution < -0.4 is 14.2 Å². The number of benzene rings is 1. The molecule has 0 unspecified atom stereocenters. The average Bonchev–Trinajstić information content (AvgIpc) is 2.40. The summed E-state index contributed by atoms with van der Waals surface area (Å²) in [6.45, 7) is 2.04. The molecule has 0 radical (unpaired) electrons. The van der Waals surface area contributed by atoms with Crippen LogP contribution in [0.2, 0.25) is 5.02 Å². The molecule has 0 saturated heterocycles. The van der Waals surface area contributed by atoms with E-state index in [0.29, 0.717) is 6.61 Å². The Hall–Kier alpha value is -1.23. The molecule has 0 aromatic heterocycles. The van der Waals surface area contributed by atoms with Crippen LogP contribution in [0.5, 0.6) is 17.2 Å². The molecule has 6 heteroatoms. The van der Waals surface area contributed by atoms with Crippen molar-refractivity contribution in [2.24, 2.45) is 0 Å². The second-order valence-corrected chi connectivity index (χ2v) is 3.27. The Bertz CT molecular complexity index is 395. The van der Waals surface area contributed by atoms with Crippen molar-refractivity contribution in [1.29, 1.82) is 0 Å². The minimum absolute atomic E-state index is 0.115. The topological polar surface area (TPSA) is 27.7 Å². The first-order valence-electron chi connectivity index (χ1n) is 4.24. The molecule has 1 aromatic carbocycles.